The molecule has 2 atom stereocenters. The Hall–Kier alpha value is -2.62. The third-order valence-corrected chi connectivity index (χ3v) is 4.97. The molecule has 4 heteroatoms. The third kappa shape index (κ3) is 5.95. The summed E-state index contributed by atoms with van der Waals surface area (Å²) in [6.07, 6.45) is 1.15. The number of nitrogens with one attached hydrogen (secondary N) is 1. The summed E-state index contributed by atoms with van der Waals surface area (Å²) in [6.45, 7) is 8.22. The Morgan fingerprint density at radius 3 is 2.26 bits per heavy atom. The highest BCUT2D eigenvalue weighted by atomic mass is 16.2. The lowest BCUT2D eigenvalue weighted by Crippen LogP contribution is -2.49. The van der Waals surface area contributed by atoms with Crippen molar-refractivity contribution >= 4 is 11.8 Å². The molecule has 0 unspecified atom stereocenters. The van der Waals surface area contributed by atoms with E-state index in [1.54, 1.807) is 11.8 Å². The van der Waals surface area contributed by atoms with Gasteiger partial charge >= 0.3 is 0 Å². The van der Waals surface area contributed by atoms with Gasteiger partial charge in [0.2, 0.25) is 11.8 Å². The van der Waals surface area contributed by atoms with Crippen LogP contribution in [0.2, 0.25) is 0 Å². The third-order valence-electron chi connectivity index (χ3n) is 4.97. The van der Waals surface area contributed by atoms with E-state index < -0.39 is 6.04 Å². The molecule has 0 saturated carbocycles. The van der Waals surface area contributed by atoms with Crippen LogP contribution in [0.15, 0.2) is 54.6 Å². The molecule has 2 aromatic carbocycles. The summed E-state index contributed by atoms with van der Waals surface area (Å²) >= 11 is 0. The molecule has 27 heavy (non-hydrogen) atoms. The van der Waals surface area contributed by atoms with Crippen molar-refractivity contribution in [2.75, 3.05) is 0 Å². The smallest absolute Gasteiger partial charge is 0.242 e. The first-order valence-electron chi connectivity index (χ1n) is 9.60. The van der Waals surface area contributed by atoms with E-state index in [0.29, 0.717) is 13.0 Å². The molecule has 144 valence electrons. The Bertz CT molecular complexity index is 758. The molecule has 0 fully saturated rings. The second-order valence-electron chi connectivity index (χ2n) is 7.10. The molecule has 0 radical (unpaired) electrons. The Morgan fingerprint density at radius 2 is 1.63 bits per heavy atom. The van der Waals surface area contributed by atoms with Crippen LogP contribution >= 0.6 is 0 Å². The van der Waals surface area contributed by atoms with Crippen LogP contribution in [0.25, 0.3) is 0 Å². The lowest BCUT2D eigenvalue weighted by atomic mass is 10.0. The second-order valence-corrected chi connectivity index (χ2v) is 7.10. The van der Waals surface area contributed by atoms with E-state index in [9.17, 15) is 9.59 Å². The number of rotatable bonds is 8. The van der Waals surface area contributed by atoms with Gasteiger partial charge < -0.3 is 10.2 Å². The molecule has 0 aliphatic rings. The monoisotopic (exact) mass is 366 g/mol. The number of carbonyl (C=O) groups excluding carboxylic acids is 2. The molecule has 1 N–H and O–H groups in total. The zero-order chi connectivity index (χ0) is 19.8. The molecule has 0 aliphatic heterocycles. The number of aryl methyl sites for hydroxylation is 1. The van der Waals surface area contributed by atoms with Gasteiger partial charge in [-0.25, -0.2) is 0 Å². The van der Waals surface area contributed by atoms with Crippen LogP contribution in [0.3, 0.4) is 0 Å². The molecule has 0 aromatic heterocycles. The lowest BCUT2D eigenvalue weighted by molar-refractivity contribution is -0.140. The maximum atomic E-state index is 13.1. The quantitative estimate of drug-likeness (QED) is 0.771. The molecule has 2 rings (SSSR count). The first kappa shape index (κ1) is 20.7. The van der Waals surface area contributed by atoms with Crippen molar-refractivity contribution in [2.45, 2.75) is 59.2 Å². The van der Waals surface area contributed by atoms with Crippen molar-refractivity contribution < 1.29 is 9.59 Å². The number of hydrogen-bond acceptors (Lipinski definition) is 2. The normalized spacial score (nSPS) is 12.9. The summed E-state index contributed by atoms with van der Waals surface area (Å²) in [4.78, 5) is 27.5. The molecule has 0 aliphatic carbocycles. The second kappa shape index (κ2) is 9.91. The first-order chi connectivity index (χ1) is 12.9. The Balaban J connectivity index is 2.21. The Morgan fingerprint density at radius 1 is 1.00 bits per heavy atom. The number of amides is 2. The van der Waals surface area contributed by atoms with Gasteiger partial charge in [-0.05, 0) is 43.9 Å². The number of carbonyl (C=O) groups is 2. The molecule has 0 heterocycles. The topological polar surface area (TPSA) is 49.4 Å². The van der Waals surface area contributed by atoms with E-state index in [0.717, 1.165) is 23.1 Å². The summed E-state index contributed by atoms with van der Waals surface area (Å²) < 4.78 is 0. The minimum atomic E-state index is -0.532. The summed E-state index contributed by atoms with van der Waals surface area (Å²) in [6, 6.07) is 17.2. The Labute approximate surface area is 162 Å². The van der Waals surface area contributed by atoms with Crippen LogP contribution in [-0.2, 0) is 22.6 Å². The summed E-state index contributed by atoms with van der Waals surface area (Å²) in [5, 5.41) is 2.99. The SMILES string of the molecule is CC[C@H](C)NC(=O)[C@@H](C)N(Cc1ccccc1)C(=O)Cc1ccccc1C. The molecule has 2 aromatic rings. The average Bonchev–Trinajstić information content (AvgIpc) is 2.67. The van der Waals surface area contributed by atoms with Gasteiger partial charge in [0.1, 0.15) is 6.04 Å². The summed E-state index contributed by atoms with van der Waals surface area (Å²) in [5.41, 5.74) is 3.09. The Kier molecular flexibility index (Phi) is 7.59. The van der Waals surface area contributed by atoms with Crippen LogP contribution in [0, 0.1) is 6.92 Å². The zero-order valence-electron chi connectivity index (χ0n) is 16.7. The van der Waals surface area contributed by atoms with Crippen LogP contribution in [0.5, 0.6) is 0 Å². The van der Waals surface area contributed by atoms with E-state index in [1.165, 1.54) is 0 Å². The van der Waals surface area contributed by atoms with Crippen molar-refractivity contribution in [3.8, 4) is 0 Å². The van der Waals surface area contributed by atoms with Crippen LogP contribution < -0.4 is 5.32 Å². The van der Waals surface area contributed by atoms with Gasteiger partial charge in [0, 0.05) is 12.6 Å². The fraction of sp³-hybridized carbons (Fsp3) is 0.391. The van der Waals surface area contributed by atoms with Crippen molar-refractivity contribution in [2.24, 2.45) is 0 Å². The van der Waals surface area contributed by atoms with Gasteiger partial charge in [-0.15, -0.1) is 0 Å². The molecular weight excluding hydrogens is 336 g/mol. The van der Waals surface area contributed by atoms with Crippen LogP contribution in [-0.4, -0.2) is 28.8 Å². The highest BCUT2D eigenvalue weighted by molar-refractivity contribution is 5.88. The average molecular weight is 367 g/mol. The maximum Gasteiger partial charge on any atom is 0.242 e. The largest absolute Gasteiger partial charge is 0.352 e. The molecule has 4 nitrogen and oxygen atoms in total. The molecule has 0 saturated heterocycles. The maximum absolute atomic E-state index is 13.1. The van der Waals surface area contributed by atoms with Gasteiger partial charge in [0.25, 0.3) is 0 Å². The minimum Gasteiger partial charge on any atom is -0.352 e. The molecular formula is C23H30N2O2. The number of hydrogen-bond donors (Lipinski definition) is 1. The van der Waals surface area contributed by atoms with Crippen LogP contribution in [0.1, 0.15) is 43.9 Å². The number of nitrogens with zero attached hydrogens (tertiary/aromatic N) is 1. The number of benzene rings is 2. The fourth-order valence-corrected chi connectivity index (χ4v) is 2.90. The molecule has 0 spiro atoms. The zero-order valence-corrected chi connectivity index (χ0v) is 16.7. The summed E-state index contributed by atoms with van der Waals surface area (Å²) in [7, 11) is 0. The van der Waals surface area contributed by atoms with Gasteiger partial charge in [-0.2, -0.15) is 0 Å². The van der Waals surface area contributed by atoms with Crippen molar-refractivity contribution in [1.29, 1.82) is 0 Å². The van der Waals surface area contributed by atoms with Crippen molar-refractivity contribution in [1.82, 2.24) is 10.2 Å². The van der Waals surface area contributed by atoms with Gasteiger partial charge in [-0.3, -0.25) is 9.59 Å². The van der Waals surface area contributed by atoms with E-state index in [4.69, 9.17) is 0 Å². The van der Waals surface area contributed by atoms with Gasteiger partial charge in [0.15, 0.2) is 0 Å². The van der Waals surface area contributed by atoms with Crippen molar-refractivity contribution in [3.05, 3.63) is 71.3 Å². The van der Waals surface area contributed by atoms with Crippen LogP contribution in [0.4, 0.5) is 0 Å². The van der Waals surface area contributed by atoms with E-state index in [-0.39, 0.29) is 17.9 Å². The fourth-order valence-electron chi connectivity index (χ4n) is 2.90. The van der Waals surface area contributed by atoms with Crippen molar-refractivity contribution in [3.63, 3.8) is 0 Å². The standard InChI is InChI=1S/C23H30N2O2/c1-5-18(3)24-23(27)19(4)25(16-20-12-7-6-8-13-20)22(26)15-21-14-10-9-11-17(21)2/h6-14,18-19H,5,15-16H2,1-4H3,(H,24,27)/t18-,19+/m0/s1. The predicted molar refractivity (Wildman–Crippen MR) is 109 cm³/mol. The van der Waals surface area contributed by atoms with Gasteiger partial charge in [-0.1, -0.05) is 61.5 Å². The van der Waals surface area contributed by atoms with E-state index in [2.05, 4.69) is 5.32 Å². The minimum absolute atomic E-state index is 0.0417. The predicted octanol–water partition coefficient (Wildman–Crippen LogP) is 3.87. The molecule has 0 bridgehead atoms. The first-order valence-corrected chi connectivity index (χ1v) is 9.60. The summed E-state index contributed by atoms with van der Waals surface area (Å²) in [5.74, 6) is -0.154. The van der Waals surface area contributed by atoms with E-state index >= 15 is 0 Å². The van der Waals surface area contributed by atoms with E-state index in [1.807, 2.05) is 75.4 Å². The highest BCUT2D eigenvalue weighted by Crippen LogP contribution is 2.14. The highest BCUT2D eigenvalue weighted by Gasteiger charge is 2.27. The molecule has 2 amide bonds. The lowest BCUT2D eigenvalue weighted by Gasteiger charge is -2.30. The van der Waals surface area contributed by atoms with Gasteiger partial charge in [0.05, 0.1) is 6.42 Å².